The Morgan fingerprint density at radius 3 is 3.04 bits per heavy atom. The van der Waals surface area contributed by atoms with Crippen LogP contribution in [-0.4, -0.2) is 49.4 Å². The zero-order valence-corrected chi connectivity index (χ0v) is 13.9. The molecule has 2 saturated heterocycles. The van der Waals surface area contributed by atoms with Gasteiger partial charge in [0.2, 0.25) is 6.79 Å². The molecule has 6 heteroatoms. The van der Waals surface area contributed by atoms with Crippen molar-refractivity contribution < 1.29 is 14.3 Å². The maximum atomic E-state index is 12.2. The van der Waals surface area contributed by atoms with Gasteiger partial charge in [0.25, 0.3) is 0 Å². The lowest BCUT2D eigenvalue weighted by Crippen LogP contribution is -2.49. The SMILES string of the molecule is O=C(NCCc1ccc2c(c1)OCO2)NC1CCN2CCCCC12. The maximum Gasteiger partial charge on any atom is 0.315 e. The lowest BCUT2D eigenvalue weighted by molar-refractivity contribution is 0.174. The van der Waals surface area contributed by atoms with E-state index in [0.717, 1.165) is 36.4 Å². The van der Waals surface area contributed by atoms with Crippen LogP contribution in [0.25, 0.3) is 0 Å². The van der Waals surface area contributed by atoms with Crippen molar-refractivity contribution in [3.8, 4) is 11.5 Å². The number of ether oxygens (including phenoxy) is 2. The van der Waals surface area contributed by atoms with Crippen LogP contribution in [0.4, 0.5) is 4.79 Å². The number of hydrogen-bond acceptors (Lipinski definition) is 4. The number of urea groups is 1. The summed E-state index contributed by atoms with van der Waals surface area (Å²) >= 11 is 0. The summed E-state index contributed by atoms with van der Waals surface area (Å²) in [5, 5.41) is 6.15. The van der Waals surface area contributed by atoms with Gasteiger partial charge in [-0.05, 0) is 49.9 Å². The Morgan fingerprint density at radius 2 is 2.08 bits per heavy atom. The van der Waals surface area contributed by atoms with Crippen LogP contribution in [0.2, 0.25) is 0 Å². The van der Waals surface area contributed by atoms with Crippen LogP contribution < -0.4 is 20.1 Å². The summed E-state index contributed by atoms with van der Waals surface area (Å²) < 4.78 is 10.7. The molecule has 2 unspecified atom stereocenters. The summed E-state index contributed by atoms with van der Waals surface area (Å²) in [6, 6.07) is 6.72. The van der Waals surface area contributed by atoms with E-state index in [1.165, 1.54) is 25.8 Å². The second-order valence-corrected chi connectivity index (χ2v) is 6.83. The molecule has 0 spiro atoms. The first-order chi connectivity index (χ1) is 11.8. The minimum absolute atomic E-state index is 0.0480. The fourth-order valence-corrected chi connectivity index (χ4v) is 4.05. The van der Waals surface area contributed by atoms with Gasteiger partial charge in [-0.3, -0.25) is 4.90 Å². The largest absolute Gasteiger partial charge is 0.454 e. The lowest BCUT2D eigenvalue weighted by Gasteiger charge is -2.32. The van der Waals surface area contributed by atoms with Gasteiger partial charge in [0.15, 0.2) is 11.5 Å². The van der Waals surface area contributed by atoms with Gasteiger partial charge < -0.3 is 20.1 Å². The molecule has 1 aromatic carbocycles. The molecule has 0 bridgehead atoms. The number of carbonyl (C=O) groups is 1. The number of benzene rings is 1. The van der Waals surface area contributed by atoms with E-state index >= 15 is 0 Å². The highest BCUT2D eigenvalue weighted by Crippen LogP contribution is 2.32. The van der Waals surface area contributed by atoms with Gasteiger partial charge in [-0.25, -0.2) is 4.79 Å². The number of hydrogen-bond donors (Lipinski definition) is 2. The van der Waals surface area contributed by atoms with Gasteiger partial charge in [0.1, 0.15) is 0 Å². The van der Waals surface area contributed by atoms with E-state index < -0.39 is 0 Å². The highest BCUT2D eigenvalue weighted by atomic mass is 16.7. The fourth-order valence-electron chi connectivity index (χ4n) is 4.05. The number of nitrogens with zero attached hydrogens (tertiary/aromatic N) is 1. The second kappa shape index (κ2) is 6.89. The minimum Gasteiger partial charge on any atom is -0.454 e. The average molecular weight is 331 g/mol. The van der Waals surface area contributed by atoms with Gasteiger partial charge in [-0.2, -0.15) is 0 Å². The van der Waals surface area contributed by atoms with Crippen molar-refractivity contribution in [3.05, 3.63) is 23.8 Å². The second-order valence-electron chi connectivity index (χ2n) is 6.83. The maximum absolute atomic E-state index is 12.2. The Labute approximate surface area is 142 Å². The van der Waals surface area contributed by atoms with E-state index in [-0.39, 0.29) is 6.03 Å². The quantitative estimate of drug-likeness (QED) is 0.884. The fraction of sp³-hybridized carbons (Fsp3) is 0.611. The number of rotatable bonds is 4. The molecule has 0 saturated carbocycles. The number of nitrogens with one attached hydrogen (secondary N) is 2. The van der Waals surface area contributed by atoms with Crippen LogP contribution in [0.15, 0.2) is 18.2 Å². The molecule has 3 heterocycles. The summed E-state index contributed by atoms with van der Waals surface area (Å²) in [5.41, 5.74) is 1.14. The lowest BCUT2D eigenvalue weighted by atomic mass is 9.99. The minimum atomic E-state index is -0.0480. The van der Waals surface area contributed by atoms with Gasteiger partial charge in [-0.1, -0.05) is 12.5 Å². The third kappa shape index (κ3) is 3.29. The van der Waals surface area contributed by atoms with Crippen molar-refractivity contribution in [2.75, 3.05) is 26.4 Å². The zero-order valence-electron chi connectivity index (χ0n) is 13.9. The Balaban J connectivity index is 1.22. The molecule has 3 aliphatic heterocycles. The van der Waals surface area contributed by atoms with Crippen LogP contribution in [-0.2, 0) is 6.42 Å². The molecule has 2 amide bonds. The summed E-state index contributed by atoms with van der Waals surface area (Å²) in [6.07, 6.45) is 5.64. The van der Waals surface area contributed by atoms with E-state index in [4.69, 9.17) is 9.47 Å². The van der Waals surface area contributed by atoms with E-state index in [0.29, 0.717) is 25.4 Å². The van der Waals surface area contributed by atoms with Crippen LogP contribution in [0.3, 0.4) is 0 Å². The first kappa shape index (κ1) is 15.6. The molecule has 6 nitrogen and oxygen atoms in total. The van der Waals surface area contributed by atoms with Gasteiger partial charge in [0.05, 0.1) is 0 Å². The number of amides is 2. The van der Waals surface area contributed by atoms with E-state index in [9.17, 15) is 4.79 Å². The molecular formula is C18H25N3O3. The summed E-state index contributed by atoms with van der Waals surface area (Å²) in [6.45, 7) is 3.22. The molecule has 0 aliphatic carbocycles. The Hall–Kier alpha value is -1.95. The van der Waals surface area contributed by atoms with Crippen molar-refractivity contribution in [1.29, 1.82) is 0 Å². The average Bonchev–Trinajstić information content (AvgIpc) is 3.22. The summed E-state index contributed by atoms with van der Waals surface area (Å²) in [5.74, 6) is 1.59. The molecule has 3 aliphatic rings. The Bertz CT molecular complexity index is 607. The van der Waals surface area contributed by atoms with Crippen molar-refractivity contribution in [1.82, 2.24) is 15.5 Å². The van der Waals surface area contributed by atoms with Gasteiger partial charge in [0, 0.05) is 25.2 Å². The van der Waals surface area contributed by atoms with Gasteiger partial charge in [-0.15, -0.1) is 0 Å². The standard InChI is InChI=1S/C18H25N3O3/c22-18(20-14-7-10-21-9-2-1-3-15(14)21)19-8-6-13-4-5-16-17(11-13)24-12-23-16/h4-5,11,14-15H,1-3,6-10,12H2,(H2,19,20,22). The molecule has 1 aromatic rings. The monoisotopic (exact) mass is 331 g/mol. The highest BCUT2D eigenvalue weighted by molar-refractivity contribution is 5.74. The predicted molar refractivity (Wildman–Crippen MR) is 90.4 cm³/mol. The molecule has 4 rings (SSSR count). The molecule has 0 radical (unpaired) electrons. The van der Waals surface area contributed by atoms with Crippen LogP contribution in [0.5, 0.6) is 11.5 Å². The molecule has 24 heavy (non-hydrogen) atoms. The van der Waals surface area contributed by atoms with E-state index in [1.807, 2.05) is 18.2 Å². The normalized spacial score (nSPS) is 25.3. The first-order valence-corrected chi connectivity index (χ1v) is 8.96. The van der Waals surface area contributed by atoms with Crippen LogP contribution >= 0.6 is 0 Å². The molecule has 0 aromatic heterocycles. The molecular weight excluding hydrogens is 306 g/mol. The summed E-state index contributed by atoms with van der Waals surface area (Å²) in [7, 11) is 0. The number of piperidine rings is 1. The smallest absolute Gasteiger partial charge is 0.315 e. The van der Waals surface area contributed by atoms with Crippen LogP contribution in [0.1, 0.15) is 31.2 Å². The zero-order chi connectivity index (χ0) is 16.4. The van der Waals surface area contributed by atoms with Gasteiger partial charge >= 0.3 is 6.03 Å². The van der Waals surface area contributed by atoms with Crippen molar-refractivity contribution in [3.63, 3.8) is 0 Å². The molecule has 2 fully saturated rings. The summed E-state index contributed by atoms with van der Waals surface area (Å²) in [4.78, 5) is 14.7. The van der Waals surface area contributed by atoms with Crippen molar-refractivity contribution in [2.24, 2.45) is 0 Å². The predicted octanol–water partition coefficient (Wildman–Crippen LogP) is 1.88. The van der Waals surface area contributed by atoms with Crippen LogP contribution in [0, 0.1) is 0 Å². The molecule has 130 valence electrons. The van der Waals surface area contributed by atoms with Crippen molar-refractivity contribution in [2.45, 2.75) is 44.2 Å². The first-order valence-electron chi connectivity index (χ1n) is 8.96. The molecule has 2 N–H and O–H groups in total. The Morgan fingerprint density at radius 1 is 1.17 bits per heavy atom. The number of fused-ring (bicyclic) bond motifs is 2. The Kier molecular flexibility index (Phi) is 4.47. The molecule has 2 atom stereocenters. The van der Waals surface area contributed by atoms with E-state index in [2.05, 4.69) is 15.5 Å². The third-order valence-corrected chi connectivity index (χ3v) is 5.31. The van der Waals surface area contributed by atoms with E-state index in [1.54, 1.807) is 0 Å². The van der Waals surface area contributed by atoms with Crippen molar-refractivity contribution >= 4 is 6.03 Å². The topological polar surface area (TPSA) is 62.8 Å². The number of carbonyl (C=O) groups excluding carboxylic acids is 1. The highest BCUT2D eigenvalue weighted by Gasteiger charge is 2.36. The third-order valence-electron chi connectivity index (χ3n) is 5.31.